The number of nitrogens with zero attached hydrogens (tertiary/aromatic N) is 2. The number of hydrogen-bond donors (Lipinski definition) is 0. The van der Waals surface area contributed by atoms with E-state index in [-0.39, 0.29) is 18.0 Å². The summed E-state index contributed by atoms with van der Waals surface area (Å²) in [4.78, 5) is 18.2. The summed E-state index contributed by atoms with van der Waals surface area (Å²) >= 11 is 0. The van der Waals surface area contributed by atoms with Gasteiger partial charge in [-0.15, -0.1) is 0 Å². The normalized spacial score (nSPS) is 13.3. The Morgan fingerprint density at radius 3 is 2.23 bits per heavy atom. The lowest BCUT2D eigenvalue weighted by atomic mass is 10.0. The largest absolute Gasteiger partial charge is 0.497 e. The molecule has 116 valence electrons. The fourth-order valence-electron chi connectivity index (χ4n) is 2.71. The zero-order valence-corrected chi connectivity index (χ0v) is 13.5. The number of carbonyl (C=O) groups is 1. The highest BCUT2D eigenvalue weighted by Gasteiger charge is 2.25. The zero-order chi connectivity index (χ0) is 16.1. The van der Waals surface area contributed by atoms with E-state index in [1.165, 1.54) is 0 Å². The fraction of sp³-hybridized carbons (Fsp3) is 0.333. The van der Waals surface area contributed by atoms with E-state index in [0.717, 1.165) is 16.9 Å². The van der Waals surface area contributed by atoms with Crippen molar-refractivity contribution >= 4 is 5.91 Å². The van der Waals surface area contributed by atoms with E-state index in [2.05, 4.69) is 4.98 Å². The van der Waals surface area contributed by atoms with Crippen molar-refractivity contribution in [2.24, 2.45) is 0 Å². The van der Waals surface area contributed by atoms with Gasteiger partial charge in [0.2, 0.25) is 5.91 Å². The minimum Gasteiger partial charge on any atom is -0.497 e. The minimum atomic E-state index is -0.0386. The Hall–Kier alpha value is -2.36. The summed E-state index contributed by atoms with van der Waals surface area (Å²) in [6.07, 6.45) is 3.54. The molecule has 0 saturated carbocycles. The number of aromatic nitrogens is 1. The molecule has 2 aromatic rings. The van der Waals surface area contributed by atoms with E-state index in [0.29, 0.717) is 0 Å². The van der Waals surface area contributed by atoms with Crippen LogP contribution in [0, 0.1) is 0 Å². The number of pyridine rings is 1. The van der Waals surface area contributed by atoms with E-state index in [4.69, 9.17) is 4.74 Å². The van der Waals surface area contributed by atoms with Gasteiger partial charge in [0.05, 0.1) is 19.2 Å². The van der Waals surface area contributed by atoms with Gasteiger partial charge >= 0.3 is 0 Å². The lowest BCUT2D eigenvalue weighted by Crippen LogP contribution is -2.34. The highest BCUT2D eigenvalue weighted by molar-refractivity contribution is 5.74. The van der Waals surface area contributed by atoms with Crippen LogP contribution in [0.25, 0.3) is 0 Å². The molecule has 1 aromatic carbocycles. The summed E-state index contributed by atoms with van der Waals surface area (Å²) in [5.74, 6) is 0.852. The lowest BCUT2D eigenvalue weighted by molar-refractivity contribution is -0.133. The van der Waals surface area contributed by atoms with Crippen molar-refractivity contribution in [3.63, 3.8) is 0 Å². The summed E-state index contributed by atoms with van der Waals surface area (Å²) in [6, 6.07) is 11.6. The highest BCUT2D eigenvalue weighted by atomic mass is 16.5. The predicted molar refractivity (Wildman–Crippen MR) is 86.6 cm³/mol. The van der Waals surface area contributed by atoms with Crippen LogP contribution in [0.5, 0.6) is 5.75 Å². The zero-order valence-electron chi connectivity index (χ0n) is 13.5. The number of hydrogen-bond acceptors (Lipinski definition) is 3. The van der Waals surface area contributed by atoms with E-state index in [1.54, 1.807) is 26.4 Å². The average molecular weight is 298 g/mol. The first-order valence-corrected chi connectivity index (χ1v) is 7.37. The second-order valence-corrected chi connectivity index (χ2v) is 5.34. The molecular weight excluding hydrogens is 276 g/mol. The van der Waals surface area contributed by atoms with Gasteiger partial charge in [0.1, 0.15) is 5.75 Å². The summed E-state index contributed by atoms with van der Waals surface area (Å²) in [7, 11) is 1.64. The molecule has 0 radical (unpaired) electrons. The monoisotopic (exact) mass is 298 g/mol. The maximum atomic E-state index is 12.2. The molecule has 1 aromatic heterocycles. The van der Waals surface area contributed by atoms with Gasteiger partial charge in [-0.1, -0.05) is 18.2 Å². The van der Waals surface area contributed by atoms with Crippen molar-refractivity contribution in [1.82, 2.24) is 9.88 Å². The van der Waals surface area contributed by atoms with Crippen LogP contribution in [-0.2, 0) is 4.79 Å². The Kier molecular flexibility index (Phi) is 5.15. The van der Waals surface area contributed by atoms with Crippen LogP contribution in [0.3, 0.4) is 0 Å². The first-order valence-electron chi connectivity index (χ1n) is 7.37. The Morgan fingerprint density at radius 2 is 1.73 bits per heavy atom. The van der Waals surface area contributed by atoms with Gasteiger partial charge in [-0.3, -0.25) is 9.78 Å². The molecule has 0 fully saturated rings. The predicted octanol–water partition coefficient (Wildman–Crippen LogP) is 3.76. The van der Waals surface area contributed by atoms with Crippen molar-refractivity contribution in [2.45, 2.75) is 32.9 Å². The molecule has 1 heterocycles. The first-order chi connectivity index (χ1) is 10.5. The number of benzene rings is 1. The molecule has 0 aliphatic carbocycles. The summed E-state index contributed by atoms with van der Waals surface area (Å²) in [5.41, 5.74) is 2.10. The van der Waals surface area contributed by atoms with E-state index >= 15 is 0 Å². The standard InChI is InChI=1S/C18H22N2O2/c1-13(16-7-9-18(22-4)10-8-16)20(15(3)21)14(2)17-6-5-11-19-12-17/h5-14H,1-4H3. The molecule has 0 aliphatic heterocycles. The molecule has 1 amide bonds. The van der Waals surface area contributed by atoms with E-state index in [9.17, 15) is 4.79 Å². The number of rotatable bonds is 5. The number of carbonyl (C=O) groups excluding carboxylic acids is 1. The van der Waals surface area contributed by atoms with E-state index < -0.39 is 0 Å². The van der Waals surface area contributed by atoms with Gasteiger partial charge in [-0.25, -0.2) is 0 Å². The van der Waals surface area contributed by atoms with Crippen molar-refractivity contribution < 1.29 is 9.53 Å². The second kappa shape index (κ2) is 7.07. The topological polar surface area (TPSA) is 42.4 Å². The minimum absolute atomic E-state index is 0.0291. The molecule has 22 heavy (non-hydrogen) atoms. The number of amides is 1. The molecule has 0 aliphatic rings. The van der Waals surface area contributed by atoms with Gasteiger partial charge in [-0.05, 0) is 43.2 Å². The van der Waals surface area contributed by atoms with Crippen LogP contribution in [-0.4, -0.2) is 22.9 Å². The van der Waals surface area contributed by atoms with Gasteiger partial charge in [0.25, 0.3) is 0 Å². The molecular formula is C18H22N2O2. The Bertz CT molecular complexity index is 611. The molecule has 0 spiro atoms. The summed E-state index contributed by atoms with van der Waals surface area (Å²) < 4.78 is 5.18. The van der Waals surface area contributed by atoms with Crippen LogP contribution in [0.1, 0.15) is 44.0 Å². The average Bonchev–Trinajstić information content (AvgIpc) is 2.55. The molecule has 2 rings (SSSR count). The third kappa shape index (κ3) is 3.45. The molecule has 4 heteroatoms. The van der Waals surface area contributed by atoms with Crippen molar-refractivity contribution in [1.29, 1.82) is 0 Å². The van der Waals surface area contributed by atoms with Gasteiger partial charge in [-0.2, -0.15) is 0 Å². The van der Waals surface area contributed by atoms with Crippen LogP contribution in [0.15, 0.2) is 48.8 Å². The highest BCUT2D eigenvalue weighted by Crippen LogP contribution is 2.30. The van der Waals surface area contributed by atoms with Crippen LogP contribution in [0.2, 0.25) is 0 Å². The molecule has 2 unspecified atom stereocenters. The molecule has 0 saturated heterocycles. The third-order valence-electron chi connectivity index (χ3n) is 3.96. The smallest absolute Gasteiger partial charge is 0.220 e. The SMILES string of the molecule is COc1ccc(C(C)N(C(C)=O)C(C)c2cccnc2)cc1. The quantitative estimate of drug-likeness (QED) is 0.844. The maximum Gasteiger partial charge on any atom is 0.220 e. The maximum absolute atomic E-state index is 12.2. The molecule has 0 bridgehead atoms. The van der Waals surface area contributed by atoms with Crippen molar-refractivity contribution in [3.8, 4) is 5.75 Å². The van der Waals surface area contributed by atoms with Gasteiger partial charge in [0, 0.05) is 19.3 Å². The Balaban J connectivity index is 2.28. The van der Waals surface area contributed by atoms with Crippen LogP contribution in [0.4, 0.5) is 0 Å². The van der Waals surface area contributed by atoms with Gasteiger partial charge in [0.15, 0.2) is 0 Å². The molecule has 0 N–H and O–H groups in total. The Morgan fingerprint density at radius 1 is 1.09 bits per heavy atom. The fourth-order valence-corrected chi connectivity index (χ4v) is 2.71. The van der Waals surface area contributed by atoms with Crippen molar-refractivity contribution in [3.05, 3.63) is 59.9 Å². The molecule has 4 nitrogen and oxygen atoms in total. The van der Waals surface area contributed by atoms with Gasteiger partial charge < -0.3 is 9.64 Å². The van der Waals surface area contributed by atoms with Crippen molar-refractivity contribution in [2.75, 3.05) is 7.11 Å². The first kappa shape index (κ1) is 16.0. The van der Waals surface area contributed by atoms with Crippen LogP contribution < -0.4 is 4.74 Å². The third-order valence-corrected chi connectivity index (χ3v) is 3.96. The second-order valence-electron chi connectivity index (χ2n) is 5.34. The Labute approximate surface area is 131 Å². The lowest BCUT2D eigenvalue weighted by Gasteiger charge is -2.34. The summed E-state index contributed by atoms with van der Waals surface area (Å²) in [6.45, 7) is 5.67. The summed E-state index contributed by atoms with van der Waals surface area (Å²) in [5, 5.41) is 0. The van der Waals surface area contributed by atoms with E-state index in [1.807, 2.05) is 55.1 Å². The molecule has 2 atom stereocenters. The van der Waals surface area contributed by atoms with Crippen LogP contribution >= 0.6 is 0 Å². The number of methoxy groups -OCH3 is 1. The number of ether oxygens (including phenoxy) is 1.